The fraction of sp³-hybridized carbons (Fsp3) is 0.344. The van der Waals surface area contributed by atoms with Gasteiger partial charge in [0.15, 0.2) is 0 Å². The van der Waals surface area contributed by atoms with E-state index in [4.69, 9.17) is 23.1 Å². The molecule has 1 heterocycles. The van der Waals surface area contributed by atoms with Gasteiger partial charge in [0.1, 0.15) is 11.9 Å². The fourth-order valence-corrected chi connectivity index (χ4v) is 5.68. The van der Waals surface area contributed by atoms with Gasteiger partial charge in [0.05, 0.1) is 17.3 Å². The number of hydrogen-bond donors (Lipinski definition) is 4. The first-order chi connectivity index (χ1) is 20.2. The van der Waals surface area contributed by atoms with Crippen molar-refractivity contribution in [3.05, 3.63) is 94.3 Å². The van der Waals surface area contributed by atoms with Crippen LogP contribution in [0.5, 0.6) is 0 Å². The lowest BCUT2D eigenvalue weighted by atomic mass is 9.77. The monoisotopic (exact) mass is 588 g/mol. The summed E-state index contributed by atoms with van der Waals surface area (Å²) in [6.07, 6.45) is 11.9. The summed E-state index contributed by atoms with van der Waals surface area (Å²) in [4.78, 5) is 27.9. The van der Waals surface area contributed by atoms with Crippen LogP contribution in [0.1, 0.15) is 44.1 Å². The molecule has 10 heteroatoms. The molecule has 2 aromatic carbocycles. The molecule has 2 aromatic rings. The number of nitriles is 1. The Morgan fingerprint density at radius 1 is 1.17 bits per heavy atom. The number of hydrogen-bond acceptors (Lipinski definition) is 5. The molecule has 218 valence electrons. The number of anilines is 2. The van der Waals surface area contributed by atoms with Crippen LogP contribution in [-0.2, 0) is 10.3 Å². The second-order valence-electron chi connectivity index (χ2n) is 11.3. The lowest BCUT2D eigenvalue weighted by molar-refractivity contribution is -0.119. The summed E-state index contributed by atoms with van der Waals surface area (Å²) >= 11 is 5.93. The number of likely N-dealkylation sites (tertiary alicyclic amines) is 1. The first kappa shape index (κ1) is 29.5. The number of allylic oxidation sites excluding steroid dienone is 5. The Labute approximate surface area is 249 Å². The molecule has 6 N–H and O–H groups in total. The number of carbonyl (C=O) groups excluding carboxylic acids is 2. The zero-order valence-corrected chi connectivity index (χ0v) is 23.9. The highest BCUT2D eigenvalue weighted by atomic mass is 35.5. The van der Waals surface area contributed by atoms with Crippen LogP contribution in [0, 0.1) is 23.1 Å². The predicted octanol–water partition coefficient (Wildman–Crippen LogP) is 5.73. The number of halogens is 2. The third-order valence-corrected chi connectivity index (χ3v) is 8.44. The molecule has 0 bridgehead atoms. The van der Waals surface area contributed by atoms with Crippen LogP contribution in [0.4, 0.5) is 20.6 Å². The molecule has 2 fully saturated rings. The first-order valence-corrected chi connectivity index (χ1v) is 14.5. The van der Waals surface area contributed by atoms with Gasteiger partial charge in [-0.1, -0.05) is 48.7 Å². The number of carbonyl (C=O) groups is 2. The van der Waals surface area contributed by atoms with Crippen molar-refractivity contribution in [2.75, 3.05) is 17.2 Å². The van der Waals surface area contributed by atoms with Crippen LogP contribution in [-0.4, -0.2) is 35.5 Å². The predicted molar refractivity (Wildman–Crippen MR) is 162 cm³/mol. The molecule has 42 heavy (non-hydrogen) atoms. The normalized spacial score (nSPS) is 21.5. The van der Waals surface area contributed by atoms with Crippen LogP contribution in [0.15, 0.2) is 77.9 Å². The molecule has 1 unspecified atom stereocenters. The summed E-state index contributed by atoms with van der Waals surface area (Å²) in [7, 11) is 0. The van der Waals surface area contributed by atoms with Gasteiger partial charge in [-0.25, -0.2) is 9.18 Å². The quantitative estimate of drug-likeness (QED) is 0.312. The number of nitrogens with one attached hydrogen (secondary N) is 2. The maximum atomic E-state index is 15.1. The minimum Gasteiger partial charge on any atom is -0.326 e. The van der Waals surface area contributed by atoms with Crippen molar-refractivity contribution >= 4 is 34.9 Å². The van der Waals surface area contributed by atoms with Crippen molar-refractivity contribution in [2.45, 2.75) is 56.1 Å². The molecule has 2 aliphatic carbocycles. The molecular weight excluding hydrogens is 555 g/mol. The molecule has 1 saturated heterocycles. The van der Waals surface area contributed by atoms with Crippen LogP contribution in [0.25, 0.3) is 0 Å². The van der Waals surface area contributed by atoms with E-state index < -0.39 is 35.4 Å². The number of nitrogens with two attached hydrogens (primary N) is 2. The highest BCUT2D eigenvalue weighted by molar-refractivity contribution is 6.30. The maximum absolute atomic E-state index is 15.1. The Morgan fingerprint density at radius 3 is 2.64 bits per heavy atom. The average molecular weight is 589 g/mol. The summed E-state index contributed by atoms with van der Waals surface area (Å²) in [6, 6.07) is 11.5. The highest BCUT2D eigenvalue weighted by Crippen LogP contribution is 2.42. The smallest absolute Gasteiger partial charge is 0.322 e. The van der Waals surface area contributed by atoms with Crippen LogP contribution < -0.4 is 22.1 Å². The topological polar surface area (TPSA) is 137 Å². The Bertz CT molecular complexity index is 1490. The Morgan fingerprint density at radius 2 is 1.93 bits per heavy atom. The zero-order valence-electron chi connectivity index (χ0n) is 23.2. The second kappa shape index (κ2) is 12.5. The summed E-state index contributed by atoms with van der Waals surface area (Å²) in [5.74, 6) is -0.530. The van der Waals surface area contributed by atoms with Gasteiger partial charge >= 0.3 is 6.03 Å². The van der Waals surface area contributed by atoms with Crippen LogP contribution in [0.2, 0.25) is 5.02 Å². The van der Waals surface area contributed by atoms with Crippen molar-refractivity contribution in [1.29, 1.82) is 5.26 Å². The third kappa shape index (κ3) is 6.73. The van der Waals surface area contributed by atoms with Crippen molar-refractivity contribution in [1.82, 2.24) is 4.90 Å². The molecule has 1 aliphatic heterocycles. The van der Waals surface area contributed by atoms with E-state index in [1.807, 2.05) is 18.2 Å². The van der Waals surface area contributed by atoms with Crippen molar-refractivity contribution in [2.24, 2.45) is 17.4 Å². The fourth-order valence-electron chi connectivity index (χ4n) is 5.55. The molecule has 3 atom stereocenters. The highest BCUT2D eigenvalue weighted by Gasteiger charge is 2.39. The number of amides is 3. The summed E-state index contributed by atoms with van der Waals surface area (Å²) < 4.78 is 15.1. The van der Waals surface area contributed by atoms with Crippen LogP contribution in [0.3, 0.4) is 0 Å². The Hall–Kier alpha value is -3.97. The standard InChI is InChI=1S/C32H34ClFN6O2/c33-24-9-11-26(12-10-24)38-31(42)40-19-25(36)17-29(40)30(41)39-28-16-23(8-13-27(28)34)32(37,15-14-20-4-5-20)22-3-1-2-21(18-35)6-7-22/h1-3,6,8-13,16,20,25,29H,4-5,7,14-15,17,19,36-37H2,(H,38,42)(H,39,41)/t25-,29+,32?/m0/s1. The van der Waals surface area contributed by atoms with E-state index in [0.29, 0.717) is 40.6 Å². The molecule has 1 saturated carbocycles. The molecule has 5 rings (SSSR count). The van der Waals surface area contributed by atoms with Gasteiger partial charge in [0, 0.05) is 28.9 Å². The van der Waals surface area contributed by atoms with Crippen molar-refractivity contribution < 1.29 is 14.0 Å². The lowest BCUT2D eigenvalue weighted by Crippen LogP contribution is -2.45. The summed E-state index contributed by atoms with van der Waals surface area (Å²) in [5, 5.41) is 15.3. The average Bonchev–Trinajstić information content (AvgIpc) is 3.77. The van der Waals surface area contributed by atoms with Crippen LogP contribution >= 0.6 is 11.6 Å². The van der Waals surface area contributed by atoms with Gasteiger partial charge in [-0.15, -0.1) is 0 Å². The van der Waals surface area contributed by atoms with Gasteiger partial charge in [-0.3, -0.25) is 4.79 Å². The Kier molecular flexibility index (Phi) is 8.78. The lowest BCUT2D eigenvalue weighted by Gasteiger charge is -2.33. The van der Waals surface area contributed by atoms with E-state index in [9.17, 15) is 14.9 Å². The molecule has 3 aliphatic rings. The van der Waals surface area contributed by atoms with Gasteiger partial charge in [0.25, 0.3) is 0 Å². The van der Waals surface area contributed by atoms with E-state index in [-0.39, 0.29) is 18.7 Å². The van der Waals surface area contributed by atoms with E-state index >= 15 is 4.39 Å². The van der Waals surface area contributed by atoms with Gasteiger partial charge in [0.2, 0.25) is 5.91 Å². The molecule has 0 spiro atoms. The number of urea groups is 1. The summed E-state index contributed by atoms with van der Waals surface area (Å²) in [5.41, 5.74) is 15.0. The van der Waals surface area contributed by atoms with E-state index in [2.05, 4.69) is 16.7 Å². The molecule has 8 nitrogen and oxygen atoms in total. The largest absolute Gasteiger partial charge is 0.326 e. The maximum Gasteiger partial charge on any atom is 0.322 e. The molecular formula is C32H34ClFN6O2. The van der Waals surface area contributed by atoms with E-state index in [1.54, 1.807) is 42.5 Å². The second-order valence-corrected chi connectivity index (χ2v) is 11.7. The number of rotatable bonds is 8. The molecule has 0 aromatic heterocycles. The third-order valence-electron chi connectivity index (χ3n) is 8.19. The Balaban J connectivity index is 1.37. The van der Waals surface area contributed by atoms with Gasteiger partial charge in [-0.2, -0.15) is 5.26 Å². The molecule has 0 radical (unpaired) electrons. The zero-order chi connectivity index (χ0) is 29.9. The van der Waals surface area contributed by atoms with E-state index in [1.165, 1.54) is 23.8 Å². The number of nitrogens with zero attached hydrogens (tertiary/aromatic N) is 2. The molecule has 3 amide bonds. The minimum atomic E-state index is -0.929. The van der Waals surface area contributed by atoms with E-state index in [0.717, 1.165) is 12.0 Å². The first-order valence-electron chi connectivity index (χ1n) is 14.1. The van der Waals surface area contributed by atoms with Gasteiger partial charge < -0.3 is 27.0 Å². The minimum absolute atomic E-state index is 0.0182. The summed E-state index contributed by atoms with van der Waals surface area (Å²) in [6.45, 7) is 0.174. The van der Waals surface area contributed by atoms with Crippen molar-refractivity contribution in [3.8, 4) is 6.07 Å². The number of benzene rings is 2. The SMILES string of the molecule is N#CC1=CCC(C(N)(CCC2CC2)c2ccc(F)c(NC(=O)[C@H]3C[C@H](N)CN3C(=O)Nc3ccc(Cl)cc3)c2)=CC=C1. The van der Waals surface area contributed by atoms with Gasteiger partial charge in [-0.05, 0) is 85.2 Å². The van der Waals surface area contributed by atoms with Crippen molar-refractivity contribution in [3.63, 3.8) is 0 Å².